The molecule has 0 saturated carbocycles. The molecule has 1 heterocycles. The van der Waals surface area contributed by atoms with Gasteiger partial charge in [-0.15, -0.1) is 0 Å². The maximum absolute atomic E-state index is 11.7. The van der Waals surface area contributed by atoms with Gasteiger partial charge in [-0.1, -0.05) is 27.5 Å². The van der Waals surface area contributed by atoms with Gasteiger partial charge in [0.05, 0.1) is 7.11 Å². The average Bonchev–Trinajstić information content (AvgIpc) is 2.35. The van der Waals surface area contributed by atoms with Crippen LogP contribution in [0.4, 0.5) is 0 Å². The third-order valence-electron chi connectivity index (χ3n) is 2.68. The Balaban J connectivity index is 2.69. The molecule has 0 aliphatic carbocycles. The minimum Gasteiger partial charge on any atom is -0.496 e. The van der Waals surface area contributed by atoms with Crippen molar-refractivity contribution in [1.29, 1.82) is 0 Å². The van der Waals surface area contributed by atoms with Crippen molar-refractivity contribution in [3.8, 4) is 16.9 Å². The topological polar surface area (TPSA) is 31.2 Å². The lowest BCUT2D eigenvalue weighted by Crippen LogP contribution is -2.15. The number of pyridine rings is 1. The predicted molar refractivity (Wildman–Crippen MR) is 76.4 cm³/mol. The largest absolute Gasteiger partial charge is 0.496 e. The normalized spacial score (nSPS) is 10.4. The van der Waals surface area contributed by atoms with E-state index in [-0.39, 0.29) is 5.56 Å². The molecule has 2 aromatic rings. The summed E-state index contributed by atoms with van der Waals surface area (Å²) in [5.74, 6) is 0.697. The van der Waals surface area contributed by atoms with Gasteiger partial charge in [0.15, 0.2) is 0 Å². The molecule has 1 aromatic heterocycles. The van der Waals surface area contributed by atoms with Crippen molar-refractivity contribution in [2.24, 2.45) is 7.05 Å². The van der Waals surface area contributed by atoms with Crippen LogP contribution in [-0.2, 0) is 7.05 Å². The van der Waals surface area contributed by atoms with Crippen molar-refractivity contribution in [2.45, 2.75) is 0 Å². The van der Waals surface area contributed by atoms with Crippen molar-refractivity contribution >= 4 is 27.5 Å². The molecule has 0 bridgehead atoms. The molecule has 0 aliphatic heterocycles. The third kappa shape index (κ3) is 2.44. The fourth-order valence-electron chi connectivity index (χ4n) is 1.66. The number of hydrogen-bond donors (Lipinski definition) is 0. The first kappa shape index (κ1) is 13.2. The van der Waals surface area contributed by atoms with E-state index in [1.54, 1.807) is 20.2 Å². The van der Waals surface area contributed by atoms with Gasteiger partial charge in [0.2, 0.25) is 0 Å². The molecule has 0 aliphatic rings. The van der Waals surface area contributed by atoms with E-state index in [0.717, 1.165) is 15.6 Å². The van der Waals surface area contributed by atoms with Gasteiger partial charge in [-0.3, -0.25) is 4.79 Å². The van der Waals surface area contributed by atoms with Crippen LogP contribution < -0.4 is 10.3 Å². The SMILES string of the molecule is COc1ccc(Br)cc1-c1cc(Cl)n(C)c(=O)c1. The Morgan fingerprint density at radius 2 is 2.00 bits per heavy atom. The summed E-state index contributed by atoms with van der Waals surface area (Å²) in [5, 5.41) is 0.388. The Morgan fingerprint density at radius 1 is 1.28 bits per heavy atom. The number of rotatable bonds is 2. The van der Waals surface area contributed by atoms with Crippen molar-refractivity contribution in [3.63, 3.8) is 0 Å². The van der Waals surface area contributed by atoms with E-state index in [9.17, 15) is 4.79 Å². The van der Waals surface area contributed by atoms with Gasteiger partial charge in [-0.05, 0) is 29.8 Å². The molecule has 0 saturated heterocycles. The number of benzene rings is 1. The first-order valence-electron chi connectivity index (χ1n) is 5.23. The summed E-state index contributed by atoms with van der Waals surface area (Å²) in [6, 6.07) is 8.89. The molecule has 0 radical (unpaired) electrons. The van der Waals surface area contributed by atoms with Crippen LogP contribution in [0.1, 0.15) is 0 Å². The summed E-state index contributed by atoms with van der Waals surface area (Å²) in [4.78, 5) is 11.7. The zero-order chi connectivity index (χ0) is 13.3. The summed E-state index contributed by atoms with van der Waals surface area (Å²) in [6.07, 6.45) is 0. The number of hydrogen-bond acceptors (Lipinski definition) is 2. The fraction of sp³-hybridized carbons (Fsp3) is 0.154. The molecular weight excluding hydrogens is 318 g/mol. The molecule has 1 aromatic carbocycles. The van der Waals surface area contributed by atoms with Gasteiger partial charge >= 0.3 is 0 Å². The number of methoxy groups -OCH3 is 1. The number of nitrogens with zero attached hydrogens (tertiary/aromatic N) is 1. The minimum atomic E-state index is -0.153. The molecule has 3 nitrogen and oxygen atoms in total. The summed E-state index contributed by atoms with van der Waals surface area (Å²) in [7, 11) is 3.22. The number of aromatic nitrogens is 1. The molecule has 0 fully saturated rings. The Hall–Kier alpha value is -1.26. The van der Waals surface area contributed by atoms with E-state index in [2.05, 4.69) is 15.9 Å². The molecule has 0 atom stereocenters. The molecule has 5 heteroatoms. The van der Waals surface area contributed by atoms with Crippen LogP contribution in [0.3, 0.4) is 0 Å². The zero-order valence-corrected chi connectivity index (χ0v) is 12.2. The van der Waals surface area contributed by atoms with Gasteiger partial charge < -0.3 is 9.30 Å². The van der Waals surface area contributed by atoms with Crippen molar-refractivity contribution in [1.82, 2.24) is 4.57 Å². The van der Waals surface area contributed by atoms with E-state index < -0.39 is 0 Å². The number of ether oxygens (including phenoxy) is 1. The molecule has 94 valence electrons. The monoisotopic (exact) mass is 327 g/mol. The summed E-state index contributed by atoms with van der Waals surface area (Å²) >= 11 is 9.42. The van der Waals surface area contributed by atoms with Crippen LogP contribution in [0.25, 0.3) is 11.1 Å². The Labute approximate surface area is 118 Å². The fourth-order valence-corrected chi connectivity index (χ4v) is 2.23. The van der Waals surface area contributed by atoms with E-state index >= 15 is 0 Å². The smallest absolute Gasteiger partial charge is 0.252 e. The lowest BCUT2D eigenvalue weighted by atomic mass is 10.1. The van der Waals surface area contributed by atoms with Gasteiger partial charge in [-0.2, -0.15) is 0 Å². The van der Waals surface area contributed by atoms with Crippen LogP contribution in [0, 0.1) is 0 Å². The highest BCUT2D eigenvalue weighted by atomic mass is 79.9. The number of halogens is 2. The van der Waals surface area contributed by atoms with E-state index in [0.29, 0.717) is 10.9 Å². The second kappa shape index (κ2) is 5.16. The highest BCUT2D eigenvalue weighted by molar-refractivity contribution is 9.10. The lowest BCUT2D eigenvalue weighted by Gasteiger charge is -2.10. The molecule has 0 amide bonds. The van der Waals surface area contributed by atoms with Crippen LogP contribution in [0.15, 0.2) is 39.6 Å². The van der Waals surface area contributed by atoms with Crippen molar-refractivity contribution < 1.29 is 4.74 Å². The predicted octanol–water partition coefficient (Wildman–Crippen LogP) is 3.48. The van der Waals surface area contributed by atoms with Gasteiger partial charge in [0.1, 0.15) is 10.9 Å². The quantitative estimate of drug-likeness (QED) is 0.790. The highest BCUT2D eigenvalue weighted by Gasteiger charge is 2.09. The summed E-state index contributed by atoms with van der Waals surface area (Å²) in [5.41, 5.74) is 1.41. The molecule has 18 heavy (non-hydrogen) atoms. The second-order valence-corrected chi connectivity index (χ2v) is 5.11. The van der Waals surface area contributed by atoms with Gasteiger partial charge in [0.25, 0.3) is 5.56 Å². The molecule has 0 N–H and O–H groups in total. The van der Waals surface area contributed by atoms with Crippen LogP contribution in [0.2, 0.25) is 5.15 Å². The van der Waals surface area contributed by atoms with Gasteiger partial charge in [-0.25, -0.2) is 0 Å². The minimum absolute atomic E-state index is 0.153. The maximum Gasteiger partial charge on any atom is 0.252 e. The first-order valence-corrected chi connectivity index (χ1v) is 6.40. The molecule has 2 rings (SSSR count). The highest BCUT2D eigenvalue weighted by Crippen LogP contribution is 2.32. The average molecular weight is 329 g/mol. The van der Waals surface area contributed by atoms with Crippen LogP contribution >= 0.6 is 27.5 Å². The third-order valence-corrected chi connectivity index (χ3v) is 3.53. The first-order chi connectivity index (χ1) is 8.52. The molecule has 0 spiro atoms. The standard InChI is InChI=1S/C13H11BrClNO2/c1-16-12(15)5-8(6-13(16)17)10-7-9(14)3-4-11(10)18-2/h3-7H,1-2H3. The van der Waals surface area contributed by atoms with Crippen molar-refractivity contribution in [2.75, 3.05) is 7.11 Å². The second-order valence-electron chi connectivity index (χ2n) is 3.81. The Kier molecular flexibility index (Phi) is 3.78. The summed E-state index contributed by atoms with van der Waals surface area (Å²) < 4.78 is 7.59. The Morgan fingerprint density at radius 3 is 2.61 bits per heavy atom. The van der Waals surface area contributed by atoms with E-state index in [1.165, 1.54) is 10.6 Å². The molecule has 0 unspecified atom stereocenters. The summed E-state index contributed by atoms with van der Waals surface area (Å²) in [6.45, 7) is 0. The van der Waals surface area contributed by atoms with E-state index in [4.69, 9.17) is 16.3 Å². The lowest BCUT2D eigenvalue weighted by molar-refractivity contribution is 0.416. The maximum atomic E-state index is 11.7. The molecular formula is C13H11BrClNO2. The van der Waals surface area contributed by atoms with Crippen LogP contribution in [0.5, 0.6) is 5.75 Å². The zero-order valence-electron chi connectivity index (χ0n) is 9.91. The van der Waals surface area contributed by atoms with Gasteiger partial charge in [0, 0.05) is 23.2 Å². The Bertz CT molecular complexity index is 652. The van der Waals surface area contributed by atoms with E-state index in [1.807, 2.05) is 18.2 Å². The van der Waals surface area contributed by atoms with Crippen molar-refractivity contribution in [3.05, 3.63) is 50.3 Å². The van der Waals surface area contributed by atoms with Crippen LogP contribution in [-0.4, -0.2) is 11.7 Å².